The molecule has 38 heavy (non-hydrogen) atoms. The van der Waals surface area contributed by atoms with E-state index in [0.717, 1.165) is 22.3 Å². The number of carboxylic acid groups (broad SMARTS) is 1. The predicted molar refractivity (Wildman–Crippen MR) is 138 cm³/mol. The van der Waals surface area contributed by atoms with Crippen LogP contribution >= 0.6 is 0 Å². The first-order chi connectivity index (χ1) is 18.0. The molecule has 1 aliphatic carbocycles. The van der Waals surface area contributed by atoms with Gasteiger partial charge in [0, 0.05) is 5.92 Å². The second kappa shape index (κ2) is 12.2. The molecule has 0 fully saturated rings. The van der Waals surface area contributed by atoms with Crippen LogP contribution in [0.4, 0.5) is 4.79 Å². The Morgan fingerprint density at radius 3 is 1.53 bits per heavy atom. The van der Waals surface area contributed by atoms with E-state index in [9.17, 15) is 24.0 Å². The number of ether oxygens (including phenoxy) is 1. The van der Waals surface area contributed by atoms with Crippen LogP contribution in [0.2, 0.25) is 0 Å². The maximum Gasteiger partial charge on any atom is 0.407 e. The highest BCUT2D eigenvalue weighted by atomic mass is 16.5. The van der Waals surface area contributed by atoms with Crippen molar-refractivity contribution in [3.8, 4) is 11.1 Å². The van der Waals surface area contributed by atoms with Crippen LogP contribution < -0.4 is 21.3 Å². The molecule has 202 valence electrons. The van der Waals surface area contributed by atoms with Gasteiger partial charge in [-0.05, 0) is 49.9 Å². The molecule has 1 aliphatic rings. The zero-order valence-electron chi connectivity index (χ0n) is 21.6. The van der Waals surface area contributed by atoms with E-state index in [4.69, 9.17) is 9.84 Å². The van der Waals surface area contributed by atoms with Crippen LogP contribution in [0, 0.1) is 0 Å². The molecule has 0 aromatic heterocycles. The minimum Gasteiger partial charge on any atom is -0.480 e. The van der Waals surface area contributed by atoms with E-state index < -0.39 is 54.0 Å². The molecule has 4 atom stereocenters. The monoisotopic (exact) mass is 524 g/mol. The number of hydrogen-bond acceptors (Lipinski definition) is 6. The van der Waals surface area contributed by atoms with Gasteiger partial charge in [-0.2, -0.15) is 0 Å². The van der Waals surface area contributed by atoms with Crippen molar-refractivity contribution in [2.24, 2.45) is 0 Å². The molecule has 0 heterocycles. The number of benzene rings is 2. The van der Waals surface area contributed by atoms with Gasteiger partial charge in [-0.1, -0.05) is 48.5 Å². The standard InChI is InChI=1S/C27H32N4O7/c1-14(23(32)28-15(2)24(33)30-17(4)26(35)36)29-25(34)16(3)31-27(37)38-13-22-20-11-7-5-9-18(20)19-10-6-8-12-21(19)22/h5-12,14-17,22H,13H2,1-4H3,(H,28,32)(H,29,34)(H,30,33)(H,31,37)(H,35,36)/t14-,15-,16+,17-/m1/s1. The molecule has 2 aromatic rings. The molecule has 0 saturated heterocycles. The van der Waals surface area contributed by atoms with Gasteiger partial charge in [-0.3, -0.25) is 19.2 Å². The third-order valence-electron chi connectivity index (χ3n) is 6.30. The van der Waals surface area contributed by atoms with Crippen LogP contribution in [-0.2, 0) is 23.9 Å². The second-order valence-electron chi connectivity index (χ2n) is 9.22. The maximum absolute atomic E-state index is 12.5. The molecule has 4 amide bonds. The molecule has 0 aliphatic heterocycles. The van der Waals surface area contributed by atoms with Crippen molar-refractivity contribution in [3.05, 3.63) is 59.7 Å². The first-order valence-corrected chi connectivity index (χ1v) is 12.2. The minimum atomic E-state index is -1.21. The number of carbonyl (C=O) groups is 5. The van der Waals surface area contributed by atoms with Gasteiger partial charge in [-0.15, -0.1) is 0 Å². The fourth-order valence-corrected chi connectivity index (χ4v) is 4.09. The van der Waals surface area contributed by atoms with Gasteiger partial charge in [0.1, 0.15) is 30.8 Å². The van der Waals surface area contributed by atoms with Crippen LogP contribution in [0.25, 0.3) is 11.1 Å². The third-order valence-corrected chi connectivity index (χ3v) is 6.30. The highest BCUT2D eigenvalue weighted by Crippen LogP contribution is 2.44. The summed E-state index contributed by atoms with van der Waals surface area (Å²) in [6.45, 7) is 5.64. The van der Waals surface area contributed by atoms with Crippen molar-refractivity contribution < 1.29 is 33.8 Å². The number of nitrogens with one attached hydrogen (secondary N) is 4. The number of carbonyl (C=O) groups excluding carboxylic acids is 4. The van der Waals surface area contributed by atoms with Gasteiger partial charge in [0.15, 0.2) is 0 Å². The fourth-order valence-electron chi connectivity index (χ4n) is 4.09. The lowest BCUT2D eigenvalue weighted by Gasteiger charge is -2.21. The van der Waals surface area contributed by atoms with Gasteiger partial charge in [0.2, 0.25) is 17.7 Å². The Morgan fingerprint density at radius 2 is 1.08 bits per heavy atom. The van der Waals surface area contributed by atoms with E-state index in [-0.39, 0.29) is 12.5 Å². The highest BCUT2D eigenvalue weighted by Gasteiger charge is 2.30. The maximum atomic E-state index is 12.5. The van der Waals surface area contributed by atoms with Crippen molar-refractivity contribution in [1.29, 1.82) is 0 Å². The molecule has 5 N–H and O–H groups in total. The molecule has 0 unspecified atom stereocenters. The Bertz CT molecular complexity index is 1190. The lowest BCUT2D eigenvalue weighted by molar-refractivity contribution is -0.141. The molecule has 0 bridgehead atoms. The Balaban J connectivity index is 1.47. The zero-order chi connectivity index (χ0) is 28.0. The van der Waals surface area contributed by atoms with Gasteiger partial charge >= 0.3 is 12.1 Å². The second-order valence-corrected chi connectivity index (χ2v) is 9.22. The summed E-state index contributed by atoms with van der Waals surface area (Å²) in [5.74, 6) is -3.30. The summed E-state index contributed by atoms with van der Waals surface area (Å²) < 4.78 is 5.44. The van der Waals surface area contributed by atoms with Gasteiger partial charge in [0.25, 0.3) is 0 Å². The zero-order valence-corrected chi connectivity index (χ0v) is 21.6. The van der Waals surface area contributed by atoms with E-state index in [1.54, 1.807) is 0 Å². The summed E-state index contributed by atoms with van der Waals surface area (Å²) >= 11 is 0. The molecule has 2 aromatic carbocycles. The first-order valence-electron chi connectivity index (χ1n) is 12.2. The van der Waals surface area contributed by atoms with Crippen LogP contribution in [0.1, 0.15) is 44.7 Å². The molecule has 0 spiro atoms. The summed E-state index contributed by atoms with van der Waals surface area (Å²) in [5.41, 5.74) is 4.32. The SMILES string of the molecule is C[C@H](NC(=O)OCC1c2ccccc2-c2ccccc21)C(=O)N[C@H](C)C(=O)N[C@H](C)C(=O)N[C@H](C)C(=O)O. The smallest absolute Gasteiger partial charge is 0.407 e. The number of amides is 4. The summed E-state index contributed by atoms with van der Waals surface area (Å²) in [4.78, 5) is 60.2. The summed E-state index contributed by atoms with van der Waals surface area (Å²) in [5, 5.41) is 18.5. The molecule has 0 radical (unpaired) electrons. The largest absolute Gasteiger partial charge is 0.480 e. The number of carboxylic acids is 1. The van der Waals surface area contributed by atoms with Crippen molar-refractivity contribution in [1.82, 2.24) is 21.3 Å². The number of fused-ring (bicyclic) bond motifs is 3. The Morgan fingerprint density at radius 1 is 0.684 bits per heavy atom. The highest BCUT2D eigenvalue weighted by molar-refractivity contribution is 5.94. The number of alkyl carbamates (subject to hydrolysis) is 1. The van der Waals surface area contributed by atoms with Crippen LogP contribution in [0.5, 0.6) is 0 Å². The van der Waals surface area contributed by atoms with E-state index >= 15 is 0 Å². The van der Waals surface area contributed by atoms with Crippen molar-refractivity contribution >= 4 is 29.8 Å². The number of aliphatic carboxylic acids is 1. The quantitative estimate of drug-likeness (QED) is 0.315. The van der Waals surface area contributed by atoms with E-state index in [1.165, 1.54) is 27.7 Å². The molecule has 11 heteroatoms. The van der Waals surface area contributed by atoms with Crippen molar-refractivity contribution in [2.75, 3.05) is 6.61 Å². The fraction of sp³-hybridized carbons (Fsp3) is 0.370. The van der Waals surface area contributed by atoms with E-state index in [2.05, 4.69) is 21.3 Å². The average Bonchev–Trinajstić information content (AvgIpc) is 3.20. The summed E-state index contributed by atoms with van der Waals surface area (Å²) in [6, 6.07) is 11.7. The summed E-state index contributed by atoms with van der Waals surface area (Å²) in [6.07, 6.45) is -0.774. The van der Waals surface area contributed by atoms with Crippen LogP contribution in [0.3, 0.4) is 0 Å². The lowest BCUT2D eigenvalue weighted by Crippen LogP contribution is -2.55. The lowest BCUT2D eigenvalue weighted by atomic mass is 9.98. The number of hydrogen-bond donors (Lipinski definition) is 5. The van der Waals surface area contributed by atoms with E-state index in [0.29, 0.717) is 0 Å². The Hall–Kier alpha value is -4.41. The average molecular weight is 525 g/mol. The van der Waals surface area contributed by atoms with Crippen LogP contribution in [-0.4, -0.2) is 65.7 Å². The van der Waals surface area contributed by atoms with Crippen molar-refractivity contribution in [2.45, 2.75) is 57.8 Å². The first kappa shape index (κ1) is 28.2. The normalized spacial score (nSPS) is 15.1. The molecule has 3 rings (SSSR count). The molecular weight excluding hydrogens is 492 g/mol. The van der Waals surface area contributed by atoms with Gasteiger partial charge < -0.3 is 31.1 Å². The minimum absolute atomic E-state index is 0.0907. The van der Waals surface area contributed by atoms with Gasteiger partial charge in [-0.25, -0.2) is 4.79 Å². The molecule has 0 saturated carbocycles. The predicted octanol–water partition coefficient (Wildman–Crippen LogP) is 1.51. The number of rotatable bonds is 10. The third kappa shape index (κ3) is 6.67. The Kier molecular flexibility index (Phi) is 9.06. The van der Waals surface area contributed by atoms with Gasteiger partial charge in [0.05, 0.1) is 0 Å². The van der Waals surface area contributed by atoms with E-state index in [1.807, 2.05) is 48.5 Å². The molecular formula is C27H32N4O7. The summed E-state index contributed by atoms with van der Waals surface area (Å²) in [7, 11) is 0. The Labute approximate surface area is 220 Å². The van der Waals surface area contributed by atoms with Crippen molar-refractivity contribution in [3.63, 3.8) is 0 Å². The van der Waals surface area contributed by atoms with Crippen LogP contribution in [0.15, 0.2) is 48.5 Å². The topological polar surface area (TPSA) is 163 Å². The molecule has 11 nitrogen and oxygen atoms in total.